The van der Waals surface area contributed by atoms with Gasteiger partial charge in [-0.3, -0.25) is 19.4 Å². The molecular weight excluding hydrogens is 362 g/mol. The Labute approximate surface area is 159 Å². The lowest BCUT2D eigenvalue weighted by molar-refractivity contribution is -0.139. The Morgan fingerprint density at radius 3 is 2.64 bits per heavy atom. The monoisotopic (exact) mass is 389 g/mol. The van der Waals surface area contributed by atoms with Gasteiger partial charge in [0.05, 0.1) is 19.1 Å². The number of likely N-dealkylation sites (tertiary alicyclic amines) is 1. The first-order valence-electron chi connectivity index (χ1n) is 8.51. The molecule has 142 valence electrons. The van der Waals surface area contributed by atoms with Crippen LogP contribution in [0.15, 0.2) is 17.5 Å². The van der Waals surface area contributed by atoms with E-state index in [-0.39, 0.29) is 30.9 Å². The molecule has 6 nitrogen and oxygen atoms in total. The van der Waals surface area contributed by atoms with Crippen LogP contribution in [-0.4, -0.2) is 65.0 Å². The predicted octanol–water partition coefficient (Wildman–Crippen LogP) is 2.05. The van der Waals surface area contributed by atoms with Crippen LogP contribution in [0.5, 0.6) is 0 Å². The quantitative estimate of drug-likeness (QED) is 0.711. The number of hydrogen-bond acceptors (Lipinski definition) is 5. The topological polar surface area (TPSA) is 72.9 Å². The number of piperidine rings is 1. The van der Waals surface area contributed by atoms with Crippen LogP contribution >= 0.6 is 23.7 Å². The van der Waals surface area contributed by atoms with Gasteiger partial charge in [0, 0.05) is 24.0 Å². The summed E-state index contributed by atoms with van der Waals surface area (Å²) in [5.41, 5.74) is 0. The molecule has 1 aromatic rings. The molecule has 1 fully saturated rings. The fraction of sp³-hybridized carbons (Fsp3) is 0.647. The molecule has 1 atom stereocenters. The average molecular weight is 390 g/mol. The van der Waals surface area contributed by atoms with Crippen molar-refractivity contribution in [1.82, 2.24) is 15.1 Å². The number of nitrogens with one attached hydrogen (secondary N) is 1. The Morgan fingerprint density at radius 2 is 2.12 bits per heavy atom. The molecular formula is C17H28ClN3O3S. The van der Waals surface area contributed by atoms with E-state index in [4.69, 9.17) is 5.11 Å². The van der Waals surface area contributed by atoms with Crippen LogP contribution in [0.3, 0.4) is 0 Å². The van der Waals surface area contributed by atoms with Crippen LogP contribution in [-0.2, 0) is 16.1 Å². The molecule has 0 bridgehead atoms. The summed E-state index contributed by atoms with van der Waals surface area (Å²) in [4.78, 5) is 28.6. The third-order valence-corrected chi connectivity index (χ3v) is 5.58. The lowest BCUT2D eigenvalue weighted by atomic mass is 10.0. The molecule has 0 saturated carbocycles. The van der Waals surface area contributed by atoms with Crippen LogP contribution in [0.4, 0.5) is 0 Å². The lowest BCUT2D eigenvalue weighted by Crippen LogP contribution is -2.52. The zero-order valence-electron chi connectivity index (χ0n) is 14.8. The van der Waals surface area contributed by atoms with Gasteiger partial charge < -0.3 is 10.4 Å². The van der Waals surface area contributed by atoms with Gasteiger partial charge >= 0.3 is 5.97 Å². The molecule has 2 rings (SSSR count). The van der Waals surface area contributed by atoms with E-state index in [2.05, 4.69) is 10.2 Å². The summed E-state index contributed by atoms with van der Waals surface area (Å²) in [6, 6.07) is 4.14. The number of aliphatic carboxylic acids is 1. The van der Waals surface area contributed by atoms with Crippen molar-refractivity contribution in [3.63, 3.8) is 0 Å². The van der Waals surface area contributed by atoms with Crippen molar-refractivity contribution < 1.29 is 14.7 Å². The Hall–Kier alpha value is -1.15. The third kappa shape index (κ3) is 6.58. The van der Waals surface area contributed by atoms with Crippen molar-refractivity contribution in [3.05, 3.63) is 22.4 Å². The second kappa shape index (κ2) is 10.8. The SMILES string of the molecule is CCN(CC(=O)O)C1CCN(C(C)C(=O)NCc2cccs2)CC1.Cl. The minimum atomic E-state index is -0.777. The van der Waals surface area contributed by atoms with Crippen molar-refractivity contribution in [2.45, 2.75) is 45.3 Å². The van der Waals surface area contributed by atoms with E-state index in [0.29, 0.717) is 12.6 Å². The smallest absolute Gasteiger partial charge is 0.317 e. The second-order valence-electron chi connectivity index (χ2n) is 6.20. The number of likely N-dealkylation sites (N-methyl/N-ethyl adjacent to an activating group) is 1. The summed E-state index contributed by atoms with van der Waals surface area (Å²) < 4.78 is 0. The molecule has 1 aliphatic heterocycles. The standard InChI is InChI=1S/C17H27N3O3S.ClH/c1-3-19(12-16(21)22)14-6-8-20(9-7-14)13(2)17(23)18-11-15-5-4-10-24-15;/h4-5,10,13-14H,3,6-9,11-12H2,1-2H3,(H,18,23)(H,21,22);1H. The molecule has 0 spiro atoms. The number of hydrogen-bond donors (Lipinski definition) is 2. The summed E-state index contributed by atoms with van der Waals surface area (Å²) in [6.45, 7) is 7.02. The molecule has 2 N–H and O–H groups in total. The van der Waals surface area contributed by atoms with E-state index in [1.807, 2.05) is 36.3 Å². The van der Waals surface area contributed by atoms with Crippen molar-refractivity contribution in [2.24, 2.45) is 0 Å². The molecule has 1 amide bonds. The summed E-state index contributed by atoms with van der Waals surface area (Å²) in [5, 5.41) is 14.0. The van der Waals surface area contributed by atoms with Gasteiger partial charge in [0.25, 0.3) is 0 Å². The largest absolute Gasteiger partial charge is 0.480 e. The average Bonchev–Trinajstić information content (AvgIpc) is 3.10. The fourth-order valence-corrected chi connectivity index (χ4v) is 3.86. The number of halogens is 1. The minimum Gasteiger partial charge on any atom is -0.480 e. The zero-order valence-corrected chi connectivity index (χ0v) is 16.4. The van der Waals surface area contributed by atoms with Gasteiger partial charge in [-0.1, -0.05) is 13.0 Å². The normalized spacial score (nSPS) is 17.1. The number of amides is 1. The molecule has 1 aliphatic rings. The highest BCUT2D eigenvalue weighted by molar-refractivity contribution is 7.09. The molecule has 1 unspecified atom stereocenters. The highest BCUT2D eigenvalue weighted by Gasteiger charge is 2.29. The Kier molecular flexibility index (Phi) is 9.42. The van der Waals surface area contributed by atoms with E-state index in [1.54, 1.807) is 11.3 Å². The van der Waals surface area contributed by atoms with Crippen LogP contribution in [0, 0.1) is 0 Å². The summed E-state index contributed by atoms with van der Waals surface area (Å²) in [6.07, 6.45) is 1.81. The van der Waals surface area contributed by atoms with Crippen molar-refractivity contribution in [1.29, 1.82) is 0 Å². The number of carbonyl (C=O) groups excluding carboxylic acids is 1. The van der Waals surface area contributed by atoms with Gasteiger partial charge in [-0.05, 0) is 37.8 Å². The van der Waals surface area contributed by atoms with Crippen LogP contribution in [0.1, 0.15) is 31.6 Å². The molecule has 2 heterocycles. The Morgan fingerprint density at radius 1 is 1.44 bits per heavy atom. The Balaban J connectivity index is 0.00000312. The lowest BCUT2D eigenvalue weighted by Gasteiger charge is -2.39. The van der Waals surface area contributed by atoms with Gasteiger partial charge in [-0.2, -0.15) is 0 Å². The second-order valence-corrected chi connectivity index (χ2v) is 7.23. The van der Waals surface area contributed by atoms with Gasteiger partial charge in [0.2, 0.25) is 5.91 Å². The minimum absolute atomic E-state index is 0. The molecule has 0 aromatic carbocycles. The molecule has 8 heteroatoms. The number of nitrogens with zero attached hydrogens (tertiary/aromatic N) is 2. The van der Waals surface area contributed by atoms with E-state index in [1.165, 1.54) is 0 Å². The van der Waals surface area contributed by atoms with E-state index >= 15 is 0 Å². The van der Waals surface area contributed by atoms with E-state index in [9.17, 15) is 9.59 Å². The zero-order chi connectivity index (χ0) is 17.5. The van der Waals surface area contributed by atoms with Crippen LogP contribution in [0.2, 0.25) is 0 Å². The summed E-state index contributed by atoms with van der Waals surface area (Å²) in [7, 11) is 0. The maximum Gasteiger partial charge on any atom is 0.317 e. The molecule has 25 heavy (non-hydrogen) atoms. The van der Waals surface area contributed by atoms with Crippen LogP contribution < -0.4 is 5.32 Å². The maximum atomic E-state index is 12.3. The number of carbonyl (C=O) groups is 2. The number of carboxylic acids is 1. The summed E-state index contributed by atoms with van der Waals surface area (Å²) >= 11 is 1.64. The molecule has 1 aromatic heterocycles. The summed E-state index contributed by atoms with van der Waals surface area (Å²) in [5.74, 6) is -0.722. The van der Waals surface area contributed by atoms with Gasteiger partial charge in [0.1, 0.15) is 0 Å². The van der Waals surface area contributed by atoms with Crippen LogP contribution in [0.25, 0.3) is 0 Å². The first-order valence-corrected chi connectivity index (χ1v) is 9.39. The third-order valence-electron chi connectivity index (χ3n) is 4.70. The fourth-order valence-electron chi connectivity index (χ4n) is 3.21. The van der Waals surface area contributed by atoms with Gasteiger partial charge in [0.15, 0.2) is 0 Å². The van der Waals surface area contributed by atoms with Crippen molar-refractivity contribution in [3.8, 4) is 0 Å². The molecule has 1 saturated heterocycles. The van der Waals surface area contributed by atoms with Gasteiger partial charge in [-0.25, -0.2) is 0 Å². The number of carboxylic acid groups (broad SMARTS) is 1. The van der Waals surface area contributed by atoms with E-state index < -0.39 is 5.97 Å². The van der Waals surface area contributed by atoms with Crippen molar-refractivity contribution in [2.75, 3.05) is 26.2 Å². The highest BCUT2D eigenvalue weighted by Crippen LogP contribution is 2.18. The van der Waals surface area contributed by atoms with Crippen molar-refractivity contribution >= 4 is 35.6 Å². The first-order chi connectivity index (χ1) is 11.5. The number of rotatable bonds is 8. The number of thiophene rings is 1. The maximum absolute atomic E-state index is 12.3. The molecule has 0 radical (unpaired) electrons. The van der Waals surface area contributed by atoms with Gasteiger partial charge in [-0.15, -0.1) is 23.7 Å². The van der Waals surface area contributed by atoms with E-state index in [0.717, 1.165) is 37.4 Å². The molecule has 0 aliphatic carbocycles. The Bertz CT molecular complexity index is 533. The predicted molar refractivity (Wildman–Crippen MR) is 102 cm³/mol. The first kappa shape index (κ1) is 21.9. The highest BCUT2D eigenvalue weighted by atomic mass is 35.5.